The van der Waals surface area contributed by atoms with Crippen LogP contribution in [-0.4, -0.2) is 5.25 Å². The third kappa shape index (κ3) is 5.06. The Morgan fingerprint density at radius 1 is 1.16 bits per heavy atom. The van der Waals surface area contributed by atoms with Crippen molar-refractivity contribution in [2.45, 2.75) is 53.2 Å². The fourth-order valence-electron chi connectivity index (χ4n) is 2.39. The first-order valence-electron chi connectivity index (χ1n) is 7.40. The van der Waals surface area contributed by atoms with E-state index in [-0.39, 0.29) is 0 Å². The van der Waals surface area contributed by atoms with Crippen LogP contribution >= 0.6 is 11.8 Å². The SMILES string of the molecule is CCC(/C=c1/cccc/c1=C(/C)SC(C)C)C(C)C. The molecule has 1 aromatic carbocycles. The molecule has 0 aliphatic rings. The van der Waals surface area contributed by atoms with Crippen molar-refractivity contribution in [3.05, 3.63) is 34.7 Å². The lowest BCUT2D eigenvalue weighted by Crippen LogP contribution is -2.27. The van der Waals surface area contributed by atoms with Crippen LogP contribution < -0.4 is 10.4 Å². The summed E-state index contributed by atoms with van der Waals surface area (Å²) in [6.07, 6.45) is 3.67. The smallest absolute Gasteiger partial charge is 0.00346 e. The van der Waals surface area contributed by atoms with Crippen molar-refractivity contribution >= 4 is 22.7 Å². The second-order valence-corrected chi connectivity index (χ2v) is 7.58. The molecule has 1 aromatic rings. The topological polar surface area (TPSA) is 0 Å². The fourth-order valence-corrected chi connectivity index (χ4v) is 3.41. The average molecular weight is 276 g/mol. The highest BCUT2D eigenvalue weighted by atomic mass is 32.2. The van der Waals surface area contributed by atoms with Crippen LogP contribution in [-0.2, 0) is 0 Å². The van der Waals surface area contributed by atoms with Crippen molar-refractivity contribution in [3.63, 3.8) is 0 Å². The highest BCUT2D eigenvalue weighted by Gasteiger charge is 2.07. The summed E-state index contributed by atoms with van der Waals surface area (Å²) in [6.45, 7) is 13.7. The Labute approximate surface area is 123 Å². The summed E-state index contributed by atoms with van der Waals surface area (Å²) < 4.78 is 0. The van der Waals surface area contributed by atoms with Crippen LogP contribution in [0.1, 0.15) is 48.0 Å². The largest absolute Gasteiger partial charge is 0.127 e. The van der Waals surface area contributed by atoms with E-state index < -0.39 is 0 Å². The molecule has 1 rings (SSSR count). The number of benzene rings is 1. The third-order valence-corrected chi connectivity index (χ3v) is 4.52. The summed E-state index contributed by atoms with van der Waals surface area (Å²) in [5, 5.41) is 3.44. The molecule has 0 N–H and O–H groups in total. The van der Waals surface area contributed by atoms with Crippen molar-refractivity contribution in [1.29, 1.82) is 0 Å². The monoisotopic (exact) mass is 276 g/mol. The van der Waals surface area contributed by atoms with Gasteiger partial charge in [0, 0.05) is 5.25 Å². The Bertz CT molecular complexity index is 497. The average Bonchev–Trinajstić information content (AvgIpc) is 2.35. The van der Waals surface area contributed by atoms with Crippen LogP contribution in [0.3, 0.4) is 0 Å². The van der Waals surface area contributed by atoms with Gasteiger partial charge in [0.25, 0.3) is 0 Å². The van der Waals surface area contributed by atoms with E-state index in [1.54, 1.807) is 0 Å². The van der Waals surface area contributed by atoms with Crippen LogP contribution in [0.15, 0.2) is 24.3 Å². The molecule has 0 nitrogen and oxygen atoms in total. The zero-order valence-corrected chi connectivity index (χ0v) is 14.1. The van der Waals surface area contributed by atoms with Crippen molar-refractivity contribution in [2.24, 2.45) is 11.8 Å². The quantitative estimate of drug-likeness (QED) is 0.767. The molecular formula is C18H28S. The van der Waals surface area contributed by atoms with Crippen molar-refractivity contribution in [3.8, 4) is 0 Å². The molecule has 1 unspecified atom stereocenters. The summed E-state index contributed by atoms with van der Waals surface area (Å²) in [6, 6.07) is 8.80. The maximum absolute atomic E-state index is 2.46. The second kappa shape index (κ2) is 7.79. The zero-order valence-electron chi connectivity index (χ0n) is 13.2. The number of thioether (sulfide) groups is 1. The summed E-state index contributed by atoms with van der Waals surface area (Å²) in [4.78, 5) is 1.43. The van der Waals surface area contributed by atoms with Gasteiger partial charge in [-0.2, -0.15) is 0 Å². The second-order valence-electron chi connectivity index (χ2n) is 5.79. The van der Waals surface area contributed by atoms with Crippen molar-refractivity contribution in [2.75, 3.05) is 0 Å². The molecule has 0 heterocycles. The highest BCUT2D eigenvalue weighted by Crippen LogP contribution is 2.20. The van der Waals surface area contributed by atoms with Crippen molar-refractivity contribution in [1.82, 2.24) is 0 Å². The number of rotatable bonds is 5. The molecule has 0 saturated heterocycles. The minimum atomic E-state index is 0.639. The third-order valence-electron chi connectivity index (χ3n) is 3.47. The van der Waals surface area contributed by atoms with Gasteiger partial charge in [-0.05, 0) is 40.5 Å². The van der Waals surface area contributed by atoms with Gasteiger partial charge in [-0.1, -0.05) is 65.0 Å². The Hall–Kier alpha value is -0.690. The molecular weight excluding hydrogens is 248 g/mol. The fraction of sp³-hybridized carbons (Fsp3) is 0.556. The molecule has 0 fully saturated rings. The zero-order chi connectivity index (χ0) is 14.4. The molecule has 0 aromatic heterocycles. The normalized spacial score (nSPS) is 16.1. The maximum Gasteiger partial charge on any atom is 0.00346 e. The van der Waals surface area contributed by atoms with E-state index in [1.165, 1.54) is 21.8 Å². The minimum absolute atomic E-state index is 0.639. The van der Waals surface area contributed by atoms with E-state index in [4.69, 9.17) is 0 Å². The van der Waals surface area contributed by atoms with Gasteiger partial charge in [0.2, 0.25) is 0 Å². The van der Waals surface area contributed by atoms with Gasteiger partial charge >= 0.3 is 0 Å². The van der Waals surface area contributed by atoms with Crippen LogP contribution in [0.4, 0.5) is 0 Å². The Balaban J connectivity index is 3.33. The lowest BCUT2D eigenvalue weighted by molar-refractivity contribution is 0.476. The van der Waals surface area contributed by atoms with Gasteiger partial charge in [-0.25, -0.2) is 0 Å². The molecule has 1 atom stereocenters. The van der Waals surface area contributed by atoms with Gasteiger partial charge in [0.1, 0.15) is 0 Å². The molecule has 1 heteroatoms. The summed E-state index contributed by atoms with van der Waals surface area (Å²) >= 11 is 1.96. The lowest BCUT2D eigenvalue weighted by Gasteiger charge is -2.14. The Morgan fingerprint density at radius 3 is 2.32 bits per heavy atom. The first-order chi connectivity index (χ1) is 8.95. The number of hydrogen-bond acceptors (Lipinski definition) is 1. The van der Waals surface area contributed by atoms with Crippen molar-refractivity contribution < 1.29 is 0 Å². The molecule has 0 saturated carbocycles. The van der Waals surface area contributed by atoms with Gasteiger partial charge in [0.15, 0.2) is 0 Å². The Kier molecular flexibility index (Phi) is 6.71. The molecule has 0 spiro atoms. The molecule has 19 heavy (non-hydrogen) atoms. The summed E-state index contributed by atoms with van der Waals surface area (Å²) in [5.74, 6) is 1.37. The van der Waals surface area contributed by atoms with Crippen LogP contribution in [0.2, 0.25) is 0 Å². The predicted molar refractivity (Wildman–Crippen MR) is 90.6 cm³/mol. The van der Waals surface area contributed by atoms with E-state index >= 15 is 0 Å². The molecule has 0 radical (unpaired) electrons. The van der Waals surface area contributed by atoms with Crippen LogP contribution in [0, 0.1) is 11.8 Å². The van der Waals surface area contributed by atoms with Gasteiger partial charge in [-0.3, -0.25) is 0 Å². The molecule has 0 amide bonds. The highest BCUT2D eigenvalue weighted by molar-refractivity contribution is 8.08. The predicted octanol–water partition coefficient (Wildman–Crippen LogP) is 4.42. The molecule has 0 aliphatic carbocycles. The standard InChI is InChI=1S/C18H28S/c1-7-16(13(2)3)12-17-10-8-9-11-18(17)15(6)19-14(4)5/h8-14,16H,7H2,1-6H3/b17-12-,18-15+. The molecule has 106 valence electrons. The van der Waals surface area contributed by atoms with Gasteiger partial charge in [-0.15, -0.1) is 11.8 Å². The summed E-state index contributed by atoms with van der Waals surface area (Å²) in [7, 11) is 0. The first kappa shape index (κ1) is 16.4. The van der Waals surface area contributed by atoms with Gasteiger partial charge in [0.05, 0.1) is 0 Å². The van der Waals surface area contributed by atoms with Crippen LogP contribution in [0.5, 0.6) is 0 Å². The lowest BCUT2D eigenvalue weighted by atomic mass is 9.92. The van der Waals surface area contributed by atoms with E-state index in [2.05, 4.69) is 71.9 Å². The van der Waals surface area contributed by atoms with Gasteiger partial charge < -0.3 is 0 Å². The Morgan fingerprint density at radius 2 is 1.79 bits per heavy atom. The van der Waals surface area contributed by atoms with E-state index in [0.717, 1.165) is 0 Å². The first-order valence-corrected chi connectivity index (χ1v) is 8.28. The maximum atomic E-state index is 2.46. The van der Waals surface area contributed by atoms with Crippen LogP contribution in [0.25, 0.3) is 11.0 Å². The summed E-state index contributed by atoms with van der Waals surface area (Å²) in [5.41, 5.74) is 0. The minimum Gasteiger partial charge on any atom is -0.127 e. The number of hydrogen-bond donors (Lipinski definition) is 0. The van der Waals surface area contributed by atoms with E-state index in [0.29, 0.717) is 17.1 Å². The molecule has 0 bridgehead atoms. The van der Waals surface area contributed by atoms with E-state index in [9.17, 15) is 0 Å². The molecule has 0 aliphatic heterocycles. The van der Waals surface area contributed by atoms with E-state index in [1.807, 2.05) is 11.8 Å².